The second kappa shape index (κ2) is 4.24. The molecule has 2 nitrogen and oxygen atoms in total. The average Bonchev–Trinajstić information content (AvgIpc) is 1.95. The van der Waals surface area contributed by atoms with Crippen molar-refractivity contribution in [3.05, 3.63) is 0 Å². The molecule has 0 fully saturated rings. The van der Waals surface area contributed by atoms with Crippen molar-refractivity contribution in [2.24, 2.45) is 0 Å². The first kappa shape index (κ1) is 14.6. The number of halogens is 7. The van der Waals surface area contributed by atoms with Crippen LogP contribution < -0.4 is 0 Å². The topological polar surface area (TPSA) is 40.1 Å². The lowest BCUT2D eigenvalue weighted by Gasteiger charge is -2.30. The predicted molar refractivity (Wildman–Crippen MR) is 34.4 cm³/mol. The third-order valence-electron chi connectivity index (χ3n) is 1.51. The number of rotatable bonds is 3. The molecule has 0 aromatic heterocycles. The van der Waals surface area contributed by atoms with E-state index in [0.29, 0.717) is 0 Å². The van der Waals surface area contributed by atoms with Gasteiger partial charge in [0.15, 0.2) is 0 Å². The first-order chi connectivity index (χ1) is 6.42. The highest BCUT2D eigenvalue weighted by atomic mass is 32.2. The molecular formula is C5H4F7O2S-. The maximum atomic E-state index is 12.6. The van der Waals surface area contributed by atoms with Crippen molar-refractivity contribution in [3.8, 4) is 0 Å². The van der Waals surface area contributed by atoms with Gasteiger partial charge in [0.2, 0.25) is 0 Å². The van der Waals surface area contributed by atoms with Crippen LogP contribution in [0.2, 0.25) is 0 Å². The van der Waals surface area contributed by atoms with Crippen molar-refractivity contribution in [1.82, 2.24) is 0 Å². The Morgan fingerprint density at radius 3 is 1.47 bits per heavy atom. The maximum Gasteiger partial charge on any atom is 0.431 e. The Bertz CT molecular complexity index is 231. The van der Waals surface area contributed by atoms with Crippen LogP contribution in [-0.4, -0.2) is 32.5 Å². The maximum absolute atomic E-state index is 12.6. The van der Waals surface area contributed by atoms with E-state index in [9.17, 15) is 39.5 Å². The Morgan fingerprint density at radius 2 is 1.27 bits per heavy atom. The summed E-state index contributed by atoms with van der Waals surface area (Å²) < 4.78 is 103. The minimum Gasteiger partial charge on any atom is -0.772 e. The molecule has 0 aliphatic heterocycles. The summed E-state index contributed by atoms with van der Waals surface area (Å²) in [5.74, 6) is -1.56. The van der Waals surface area contributed by atoms with Gasteiger partial charge in [-0.2, -0.15) is 26.3 Å². The average molecular weight is 261 g/mol. The Morgan fingerprint density at radius 1 is 0.933 bits per heavy atom. The van der Waals surface area contributed by atoms with Crippen LogP contribution in [0.3, 0.4) is 0 Å². The van der Waals surface area contributed by atoms with Crippen LogP contribution in [0.1, 0.15) is 6.42 Å². The molecule has 10 heteroatoms. The minimum absolute atomic E-state index is 1.56. The monoisotopic (exact) mass is 261 g/mol. The van der Waals surface area contributed by atoms with Crippen molar-refractivity contribution in [3.63, 3.8) is 0 Å². The third-order valence-corrected chi connectivity index (χ3v) is 2.05. The van der Waals surface area contributed by atoms with Crippen molar-refractivity contribution in [1.29, 1.82) is 0 Å². The summed E-state index contributed by atoms with van der Waals surface area (Å²) in [7, 11) is 0. The number of hydrogen-bond donors (Lipinski definition) is 0. The highest BCUT2D eigenvalue weighted by molar-refractivity contribution is 7.79. The Labute approximate surface area is 81.7 Å². The van der Waals surface area contributed by atoms with E-state index in [-0.39, 0.29) is 0 Å². The minimum atomic E-state index is -6.19. The highest BCUT2D eigenvalue weighted by Crippen LogP contribution is 2.48. The van der Waals surface area contributed by atoms with Crippen LogP contribution in [0.5, 0.6) is 0 Å². The van der Waals surface area contributed by atoms with Gasteiger partial charge in [-0.25, -0.2) is 4.39 Å². The molecule has 0 aliphatic rings. The molecule has 0 amide bonds. The molecule has 0 aliphatic carbocycles. The fourth-order valence-electron chi connectivity index (χ4n) is 0.668. The normalized spacial score (nSPS) is 16.5. The molecule has 15 heavy (non-hydrogen) atoms. The predicted octanol–water partition coefficient (Wildman–Crippen LogP) is 2.09. The molecule has 92 valence electrons. The van der Waals surface area contributed by atoms with Gasteiger partial charge in [-0.1, -0.05) is 11.1 Å². The summed E-state index contributed by atoms with van der Waals surface area (Å²) in [6.45, 7) is 0. The van der Waals surface area contributed by atoms with Gasteiger partial charge in [-0.3, -0.25) is 4.21 Å². The standard InChI is InChI=1S/C5H5F7O2S/c6-3(4(7,8)9,5(10,11)12)1-2-15(13)14/h1-2H2,(H,13,14)/p-1. The summed E-state index contributed by atoms with van der Waals surface area (Å²) in [5.41, 5.74) is -5.49. The SMILES string of the molecule is O=S([O-])CCC(F)(C(F)(F)F)C(F)(F)F. The van der Waals surface area contributed by atoms with Crippen LogP contribution >= 0.6 is 0 Å². The second-order valence-electron chi connectivity index (χ2n) is 2.55. The van der Waals surface area contributed by atoms with Gasteiger partial charge in [0.1, 0.15) is 0 Å². The molecule has 0 rings (SSSR count). The summed E-state index contributed by atoms with van der Waals surface area (Å²) in [6, 6.07) is 0. The Kier molecular flexibility index (Phi) is 4.13. The zero-order valence-corrected chi connectivity index (χ0v) is 7.60. The molecule has 1 atom stereocenters. The lowest BCUT2D eigenvalue weighted by molar-refractivity contribution is -0.341. The van der Waals surface area contributed by atoms with Gasteiger partial charge < -0.3 is 4.55 Å². The molecule has 0 saturated carbocycles. The molecule has 0 heterocycles. The van der Waals surface area contributed by atoms with Gasteiger partial charge in [-0.05, 0) is 0 Å². The van der Waals surface area contributed by atoms with E-state index >= 15 is 0 Å². The Hall–Kier alpha value is -0.380. The molecule has 0 aromatic rings. The Balaban J connectivity index is 4.98. The van der Waals surface area contributed by atoms with Crippen molar-refractivity contribution in [2.75, 3.05) is 5.75 Å². The smallest absolute Gasteiger partial charge is 0.431 e. The van der Waals surface area contributed by atoms with E-state index in [4.69, 9.17) is 0 Å². The van der Waals surface area contributed by atoms with E-state index in [1.54, 1.807) is 0 Å². The van der Waals surface area contributed by atoms with Gasteiger partial charge in [0, 0.05) is 12.2 Å². The molecule has 0 radical (unpaired) electrons. The quantitative estimate of drug-likeness (QED) is 0.576. The van der Waals surface area contributed by atoms with Crippen LogP contribution in [-0.2, 0) is 11.1 Å². The van der Waals surface area contributed by atoms with Crippen LogP contribution in [0, 0.1) is 0 Å². The molecule has 0 bridgehead atoms. The van der Waals surface area contributed by atoms with E-state index in [1.807, 2.05) is 0 Å². The fourth-order valence-corrected chi connectivity index (χ4v) is 1.12. The van der Waals surface area contributed by atoms with Crippen molar-refractivity contribution >= 4 is 11.1 Å². The molecular weight excluding hydrogens is 257 g/mol. The largest absolute Gasteiger partial charge is 0.772 e. The zero-order chi connectivity index (χ0) is 12.5. The summed E-state index contributed by atoms with van der Waals surface area (Å²) >= 11 is -3.17. The van der Waals surface area contributed by atoms with Crippen molar-refractivity contribution < 1.29 is 39.5 Å². The number of hydrogen-bond acceptors (Lipinski definition) is 2. The van der Waals surface area contributed by atoms with E-state index in [1.165, 1.54) is 0 Å². The number of alkyl halides is 7. The second-order valence-corrected chi connectivity index (χ2v) is 3.57. The van der Waals surface area contributed by atoms with E-state index in [0.717, 1.165) is 0 Å². The van der Waals surface area contributed by atoms with Crippen LogP contribution in [0.4, 0.5) is 30.7 Å². The fraction of sp³-hybridized carbons (Fsp3) is 1.00. The summed E-state index contributed by atoms with van der Waals surface area (Å²) in [4.78, 5) is 0. The zero-order valence-electron chi connectivity index (χ0n) is 6.78. The van der Waals surface area contributed by atoms with Gasteiger partial charge in [-0.15, -0.1) is 0 Å². The van der Waals surface area contributed by atoms with Gasteiger partial charge in [0.25, 0.3) is 5.67 Å². The lowest BCUT2D eigenvalue weighted by atomic mass is 10.0. The molecule has 0 N–H and O–H groups in total. The van der Waals surface area contributed by atoms with E-state index in [2.05, 4.69) is 0 Å². The first-order valence-corrected chi connectivity index (χ1v) is 4.54. The van der Waals surface area contributed by atoms with Gasteiger partial charge >= 0.3 is 12.4 Å². The molecule has 1 unspecified atom stereocenters. The van der Waals surface area contributed by atoms with Crippen LogP contribution in [0.25, 0.3) is 0 Å². The highest BCUT2D eigenvalue weighted by Gasteiger charge is 2.71. The summed E-state index contributed by atoms with van der Waals surface area (Å²) in [5, 5.41) is 0. The molecule has 0 aromatic carbocycles. The third kappa shape index (κ3) is 3.30. The first-order valence-electron chi connectivity index (χ1n) is 3.30. The van der Waals surface area contributed by atoms with E-state index < -0.39 is 41.3 Å². The van der Waals surface area contributed by atoms with Crippen molar-refractivity contribution in [2.45, 2.75) is 24.4 Å². The lowest BCUT2D eigenvalue weighted by Crippen LogP contribution is -2.53. The van der Waals surface area contributed by atoms with Crippen LogP contribution in [0.15, 0.2) is 0 Å². The summed E-state index contributed by atoms with van der Waals surface area (Å²) in [6.07, 6.45) is -14.6. The molecule has 0 spiro atoms. The van der Waals surface area contributed by atoms with Gasteiger partial charge in [0.05, 0.1) is 0 Å². The molecule has 0 saturated heterocycles.